The van der Waals surface area contributed by atoms with Crippen molar-refractivity contribution in [1.29, 1.82) is 0 Å². The van der Waals surface area contributed by atoms with Crippen LogP contribution in [0.25, 0.3) is 11.1 Å². The Kier molecular flexibility index (Phi) is 1.50. The molecule has 82 valence electrons. The Balaban J connectivity index is 1.63. The van der Waals surface area contributed by atoms with Crippen molar-refractivity contribution in [3.8, 4) is 0 Å². The highest BCUT2D eigenvalue weighted by Gasteiger charge is 2.48. The maximum Gasteiger partial charge on any atom is 0.298 e. The first kappa shape index (κ1) is 8.62. The zero-order valence-corrected chi connectivity index (χ0v) is 9.15. The predicted molar refractivity (Wildman–Crippen MR) is 62.5 cm³/mol. The van der Waals surface area contributed by atoms with Crippen LogP contribution in [0.4, 0.5) is 6.01 Å². The van der Waals surface area contributed by atoms with Crippen LogP contribution in [0.1, 0.15) is 19.3 Å². The Hall–Kier alpha value is -1.51. The van der Waals surface area contributed by atoms with Gasteiger partial charge in [0.1, 0.15) is 5.52 Å². The molecule has 0 atom stereocenters. The lowest BCUT2D eigenvalue weighted by molar-refractivity contribution is 0.0856. The summed E-state index contributed by atoms with van der Waals surface area (Å²) in [5, 5.41) is 0. The number of anilines is 1. The summed E-state index contributed by atoms with van der Waals surface area (Å²) in [4.78, 5) is 6.78. The molecule has 3 heteroatoms. The summed E-state index contributed by atoms with van der Waals surface area (Å²) in [6.45, 7) is 2.28. The van der Waals surface area contributed by atoms with Crippen molar-refractivity contribution < 1.29 is 4.42 Å². The quantitative estimate of drug-likeness (QED) is 0.731. The maximum atomic E-state index is 5.75. The van der Waals surface area contributed by atoms with Crippen LogP contribution in [0.15, 0.2) is 28.7 Å². The molecule has 3 nitrogen and oxygen atoms in total. The molecular formula is C13H14N2O. The minimum atomic E-state index is 0.626. The molecule has 1 saturated carbocycles. The number of fused-ring (bicyclic) bond motifs is 1. The minimum absolute atomic E-state index is 0.626. The first-order valence-corrected chi connectivity index (χ1v) is 5.95. The second-order valence-corrected chi connectivity index (χ2v) is 5.17. The molecule has 16 heavy (non-hydrogen) atoms. The normalized spacial score (nSPS) is 22.1. The van der Waals surface area contributed by atoms with Crippen LogP contribution in [0.2, 0.25) is 0 Å². The van der Waals surface area contributed by atoms with Gasteiger partial charge < -0.3 is 9.32 Å². The summed E-state index contributed by atoms with van der Waals surface area (Å²) in [7, 11) is 0. The van der Waals surface area contributed by atoms with Crippen LogP contribution in [0.3, 0.4) is 0 Å². The third kappa shape index (κ3) is 1.06. The summed E-state index contributed by atoms with van der Waals surface area (Å²) >= 11 is 0. The summed E-state index contributed by atoms with van der Waals surface area (Å²) in [5.41, 5.74) is 2.49. The van der Waals surface area contributed by atoms with Crippen molar-refractivity contribution in [2.75, 3.05) is 18.0 Å². The second-order valence-electron chi connectivity index (χ2n) is 5.17. The van der Waals surface area contributed by atoms with Crippen LogP contribution < -0.4 is 4.90 Å². The SMILES string of the molecule is c1ccc2oc(N3CC4(CCC4)C3)nc2c1. The molecule has 2 heterocycles. The zero-order chi connectivity index (χ0) is 10.6. The first-order chi connectivity index (χ1) is 7.85. The number of hydrogen-bond acceptors (Lipinski definition) is 3. The van der Waals surface area contributed by atoms with E-state index in [1.165, 1.54) is 19.3 Å². The van der Waals surface area contributed by atoms with E-state index in [2.05, 4.69) is 9.88 Å². The molecule has 0 unspecified atom stereocenters. The lowest BCUT2D eigenvalue weighted by Crippen LogP contribution is -2.60. The molecule has 4 rings (SSSR count). The van der Waals surface area contributed by atoms with E-state index < -0.39 is 0 Å². The molecule has 0 amide bonds. The number of rotatable bonds is 1. The molecule has 0 bridgehead atoms. The van der Waals surface area contributed by atoms with Gasteiger partial charge in [0.25, 0.3) is 6.01 Å². The Morgan fingerprint density at radius 3 is 2.69 bits per heavy atom. The van der Waals surface area contributed by atoms with E-state index in [0.717, 1.165) is 30.2 Å². The molecule has 0 radical (unpaired) electrons. The van der Waals surface area contributed by atoms with Gasteiger partial charge in [0.2, 0.25) is 0 Å². The number of hydrogen-bond donors (Lipinski definition) is 0. The topological polar surface area (TPSA) is 29.3 Å². The van der Waals surface area contributed by atoms with Gasteiger partial charge >= 0.3 is 0 Å². The van der Waals surface area contributed by atoms with Crippen LogP contribution in [0.5, 0.6) is 0 Å². The highest BCUT2D eigenvalue weighted by molar-refractivity contribution is 5.74. The van der Waals surface area contributed by atoms with Crippen LogP contribution in [-0.4, -0.2) is 18.1 Å². The number of benzene rings is 1. The smallest absolute Gasteiger partial charge is 0.298 e. The van der Waals surface area contributed by atoms with E-state index in [0.29, 0.717) is 5.41 Å². The lowest BCUT2D eigenvalue weighted by atomic mass is 9.64. The summed E-state index contributed by atoms with van der Waals surface area (Å²) in [6, 6.07) is 8.77. The molecule has 1 aromatic carbocycles. The fraction of sp³-hybridized carbons (Fsp3) is 0.462. The van der Waals surface area contributed by atoms with Gasteiger partial charge in [-0.05, 0) is 25.0 Å². The molecule has 1 aliphatic heterocycles. The Morgan fingerprint density at radius 1 is 1.19 bits per heavy atom. The van der Waals surface area contributed by atoms with E-state index in [9.17, 15) is 0 Å². The highest BCUT2D eigenvalue weighted by atomic mass is 16.4. The van der Waals surface area contributed by atoms with Gasteiger partial charge in [-0.3, -0.25) is 0 Å². The lowest BCUT2D eigenvalue weighted by Gasteiger charge is -2.55. The third-order valence-electron chi connectivity index (χ3n) is 4.02. The van der Waals surface area contributed by atoms with E-state index in [-0.39, 0.29) is 0 Å². The van der Waals surface area contributed by atoms with Gasteiger partial charge in [0.15, 0.2) is 5.58 Å². The van der Waals surface area contributed by atoms with Crippen molar-refractivity contribution in [1.82, 2.24) is 4.98 Å². The van der Waals surface area contributed by atoms with Crippen molar-refractivity contribution in [3.05, 3.63) is 24.3 Å². The molecule has 2 fully saturated rings. The van der Waals surface area contributed by atoms with Gasteiger partial charge in [-0.25, -0.2) is 0 Å². The van der Waals surface area contributed by atoms with Gasteiger partial charge in [-0.1, -0.05) is 18.6 Å². The van der Waals surface area contributed by atoms with Gasteiger partial charge in [0, 0.05) is 18.5 Å². The standard InChI is InChI=1S/C13H14N2O/c1-2-5-11-10(4-1)14-12(16-11)15-8-13(9-15)6-3-7-13/h1-2,4-5H,3,6-9H2. The molecule has 1 saturated heterocycles. The van der Waals surface area contributed by atoms with Crippen LogP contribution in [0, 0.1) is 5.41 Å². The first-order valence-electron chi connectivity index (χ1n) is 5.95. The predicted octanol–water partition coefficient (Wildman–Crippen LogP) is 2.82. The molecule has 2 aromatic rings. The summed E-state index contributed by atoms with van der Waals surface area (Å²) in [6.07, 6.45) is 4.19. The van der Waals surface area contributed by atoms with Crippen molar-refractivity contribution in [2.24, 2.45) is 5.41 Å². The second kappa shape index (κ2) is 2.78. The molecular weight excluding hydrogens is 200 g/mol. The monoisotopic (exact) mass is 214 g/mol. The summed E-state index contributed by atoms with van der Waals surface area (Å²) < 4.78 is 5.75. The average molecular weight is 214 g/mol. The number of aromatic nitrogens is 1. The molecule has 1 aromatic heterocycles. The van der Waals surface area contributed by atoms with E-state index in [4.69, 9.17) is 4.42 Å². The fourth-order valence-electron chi connectivity index (χ4n) is 2.89. The van der Waals surface area contributed by atoms with Gasteiger partial charge in [0.05, 0.1) is 0 Å². The van der Waals surface area contributed by atoms with Crippen LogP contribution >= 0.6 is 0 Å². The Labute approximate surface area is 94.1 Å². The maximum absolute atomic E-state index is 5.75. The average Bonchev–Trinajstić information content (AvgIpc) is 2.56. The summed E-state index contributed by atoms with van der Waals surface area (Å²) in [5.74, 6) is 0. The molecule has 2 aliphatic rings. The molecule has 1 aliphatic carbocycles. The number of nitrogens with zero attached hydrogens (tertiary/aromatic N) is 2. The molecule has 1 spiro atoms. The van der Waals surface area contributed by atoms with Gasteiger partial charge in [-0.2, -0.15) is 4.98 Å². The largest absolute Gasteiger partial charge is 0.423 e. The van der Waals surface area contributed by atoms with E-state index in [1.54, 1.807) is 0 Å². The number of oxazole rings is 1. The van der Waals surface area contributed by atoms with Crippen molar-refractivity contribution in [3.63, 3.8) is 0 Å². The van der Waals surface area contributed by atoms with Crippen molar-refractivity contribution >= 4 is 17.1 Å². The molecule has 0 N–H and O–H groups in total. The van der Waals surface area contributed by atoms with E-state index in [1.807, 2.05) is 24.3 Å². The Bertz CT molecular complexity index is 501. The van der Waals surface area contributed by atoms with E-state index >= 15 is 0 Å². The minimum Gasteiger partial charge on any atom is -0.423 e. The van der Waals surface area contributed by atoms with Crippen LogP contribution in [-0.2, 0) is 0 Å². The Morgan fingerprint density at radius 2 is 2.00 bits per heavy atom. The fourth-order valence-corrected chi connectivity index (χ4v) is 2.89. The third-order valence-corrected chi connectivity index (χ3v) is 4.02. The van der Waals surface area contributed by atoms with Crippen molar-refractivity contribution in [2.45, 2.75) is 19.3 Å². The number of para-hydroxylation sites is 2. The zero-order valence-electron chi connectivity index (χ0n) is 9.15. The van der Waals surface area contributed by atoms with Gasteiger partial charge in [-0.15, -0.1) is 0 Å². The highest BCUT2D eigenvalue weighted by Crippen LogP contribution is 2.49.